The van der Waals surface area contributed by atoms with Gasteiger partial charge in [-0.05, 0) is 83.5 Å². The quantitative estimate of drug-likeness (QED) is 0.0325. The monoisotopic (exact) mass is 788 g/mol. The van der Waals surface area contributed by atoms with E-state index in [1.54, 1.807) is 6.08 Å². The molecule has 0 aromatic rings. The molecule has 0 heterocycles. The van der Waals surface area contributed by atoms with Gasteiger partial charge >= 0.3 is 5.97 Å². The average Bonchev–Trinajstić information content (AvgIpc) is 3.20. The number of amides is 1. The summed E-state index contributed by atoms with van der Waals surface area (Å²) in [7, 11) is 0. The van der Waals surface area contributed by atoms with Crippen molar-refractivity contribution in [2.24, 2.45) is 0 Å². The van der Waals surface area contributed by atoms with Gasteiger partial charge in [0.1, 0.15) is 0 Å². The van der Waals surface area contributed by atoms with Gasteiger partial charge in [-0.2, -0.15) is 0 Å². The molecule has 2 unspecified atom stereocenters. The fraction of sp³-hybridized carbons (Fsp3) is 0.840. The fourth-order valence-corrected chi connectivity index (χ4v) is 7.09. The molecule has 0 aliphatic carbocycles. The van der Waals surface area contributed by atoms with Gasteiger partial charge in [0.2, 0.25) is 5.91 Å². The molecule has 0 rings (SSSR count). The number of nitrogens with one attached hydrogen (secondary N) is 1. The lowest BCUT2D eigenvalue weighted by Crippen LogP contribution is -2.45. The van der Waals surface area contributed by atoms with Crippen molar-refractivity contribution < 1.29 is 24.5 Å². The standard InChI is InChI=1S/C50H93NO5/c1-3-5-7-9-11-13-15-17-18-19-21-23-28-32-36-40-44-50(55)56-45-41-37-33-29-25-24-27-31-35-39-43-49(54)51-47(46-52)48(53)42-38-34-30-26-22-20-16-14-12-10-8-6-4-2/h18-19,25,29,38,42,47-48,52-53H,3-17,20-24,26-28,30-37,39-41,43-46H2,1-2H3,(H,51,54)/b19-18-,29-25-,42-38+. The Labute approximate surface area is 347 Å². The fourth-order valence-electron chi connectivity index (χ4n) is 7.09. The Morgan fingerprint density at radius 1 is 0.482 bits per heavy atom. The number of aliphatic hydroxyl groups excluding tert-OH is 2. The van der Waals surface area contributed by atoms with E-state index in [2.05, 4.69) is 43.5 Å². The third-order valence-electron chi connectivity index (χ3n) is 10.9. The minimum Gasteiger partial charge on any atom is -0.466 e. The molecule has 0 saturated carbocycles. The highest BCUT2D eigenvalue weighted by atomic mass is 16.5. The van der Waals surface area contributed by atoms with Crippen molar-refractivity contribution in [1.82, 2.24) is 5.32 Å². The zero-order chi connectivity index (χ0) is 40.8. The van der Waals surface area contributed by atoms with Gasteiger partial charge in [-0.1, -0.05) is 185 Å². The Hall–Kier alpha value is -1.92. The summed E-state index contributed by atoms with van der Waals surface area (Å²) in [6.07, 6.45) is 54.2. The van der Waals surface area contributed by atoms with Crippen molar-refractivity contribution in [3.05, 3.63) is 36.5 Å². The summed E-state index contributed by atoms with van der Waals surface area (Å²) in [5, 5.41) is 23.0. The number of carbonyl (C=O) groups excluding carboxylic acids is 2. The molecule has 3 N–H and O–H groups in total. The van der Waals surface area contributed by atoms with Gasteiger partial charge in [0.25, 0.3) is 0 Å². The van der Waals surface area contributed by atoms with Gasteiger partial charge in [-0.15, -0.1) is 0 Å². The molecule has 0 fully saturated rings. The van der Waals surface area contributed by atoms with Crippen LogP contribution < -0.4 is 5.32 Å². The molecule has 6 nitrogen and oxygen atoms in total. The zero-order valence-electron chi connectivity index (χ0n) is 37.1. The number of aliphatic hydroxyl groups is 2. The first-order valence-electron chi connectivity index (χ1n) is 24.3. The SMILES string of the molecule is CCCCCCCCC/C=C\CCCCCCCC(=O)OCCCC/C=C\CCCCCCC(=O)NC(CO)C(O)/C=C/CCCCCCCCCCCCC. The second-order valence-corrected chi connectivity index (χ2v) is 16.4. The number of hydrogen-bond donors (Lipinski definition) is 3. The largest absolute Gasteiger partial charge is 0.466 e. The Kier molecular flexibility index (Phi) is 44.2. The Morgan fingerprint density at radius 2 is 0.839 bits per heavy atom. The van der Waals surface area contributed by atoms with Crippen molar-refractivity contribution in [2.45, 2.75) is 257 Å². The summed E-state index contributed by atoms with van der Waals surface area (Å²) >= 11 is 0. The summed E-state index contributed by atoms with van der Waals surface area (Å²) in [6, 6.07) is -0.653. The number of rotatable bonds is 44. The molecule has 56 heavy (non-hydrogen) atoms. The van der Waals surface area contributed by atoms with Gasteiger partial charge in [0.15, 0.2) is 0 Å². The van der Waals surface area contributed by atoms with Crippen molar-refractivity contribution in [2.75, 3.05) is 13.2 Å². The van der Waals surface area contributed by atoms with Crippen LogP contribution in [0, 0.1) is 0 Å². The highest BCUT2D eigenvalue weighted by Gasteiger charge is 2.18. The highest BCUT2D eigenvalue weighted by molar-refractivity contribution is 5.76. The number of carbonyl (C=O) groups is 2. The molecule has 6 heteroatoms. The van der Waals surface area contributed by atoms with Crippen LogP contribution in [0.2, 0.25) is 0 Å². The lowest BCUT2D eigenvalue weighted by molar-refractivity contribution is -0.143. The van der Waals surface area contributed by atoms with Gasteiger partial charge in [0.05, 0.1) is 25.4 Å². The summed E-state index contributed by atoms with van der Waals surface area (Å²) < 4.78 is 5.42. The maximum atomic E-state index is 12.4. The van der Waals surface area contributed by atoms with Gasteiger partial charge in [0, 0.05) is 12.8 Å². The van der Waals surface area contributed by atoms with Crippen LogP contribution in [0.5, 0.6) is 0 Å². The van der Waals surface area contributed by atoms with E-state index < -0.39 is 12.1 Å². The first-order chi connectivity index (χ1) is 27.5. The molecule has 2 atom stereocenters. The average molecular weight is 788 g/mol. The predicted molar refractivity (Wildman–Crippen MR) is 241 cm³/mol. The maximum absolute atomic E-state index is 12.4. The number of allylic oxidation sites excluding steroid dienone is 5. The number of unbranched alkanes of at least 4 members (excludes halogenated alkanes) is 29. The lowest BCUT2D eigenvalue weighted by Gasteiger charge is -2.20. The smallest absolute Gasteiger partial charge is 0.305 e. The maximum Gasteiger partial charge on any atom is 0.305 e. The van der Waals surface area contributed by atoms with Crippen LogP contribution in [-0.4, -0.2) is 47.4 Å². The van der Waals surface area contributed by atoms with E-state index in [-0.39, 0.29) is 18.5 Å². The Balaban J connectivity index is 3.57. The van der Waals surface area contributed by atoms with E-state index in [4.69, 9.17) is 4.74 Å². The van der Waals surface area contributed by atoms with Crippen molar-refractivity contribution in [3.63, 3.8) is 0 Å². The normalized spacial score (nSPS) is 13.0. The van der Waals surface area contributed by atoms with E-state index in [0.29, 0.717) is 19.4 Å². The topological polar surface area (TPSA) is 95.9 Å². The van der Waals surface area contributed by atoms with Crippen LogP contribution in [0.4, 0.5) is 0 Å². The summed E-state index contributed by atoms with van der Waals surface area (Å²) in [4.78, 5) is 24.4. The Morgan fingerprint density at radius 3 is 1.27 bits per heavy atom. The Bertz CT molecular complexity index is 915. The van der Waals surface area contributed by atoms with Crippen LogP contribution >= 0.6 is 0 Å². The second-order valence-electron chi connectivity index (χ2n) is 16.4. The minimum absolute atomic E-state index is 0.0468. The van der Waals surface area contributed by atoms with Crippen LogP contribution in [0.3, 0.4) is 0 Å². The molecule has 328 valence electrons. The third kappa shape index (κ3) is 41.7. The van der Waals surface area contributed by atoms with Crippen molar-refractivity contribution in [3.8, 4) is 0 Å². The number of ether oxygens (including phenoxy) is 1. The molecule has 0 aromatic carbocycles. The van der Waals surface area contributed by atoms with E-state index in [1.165, 1.54) is 141 Å². The second kappa shape index (κ2) is 45.8. The van der Waals surface area contributed by atoms with Gasteiger partial charge in [-0.25, -0.2) is 0 Å². The molecule has 1 amide bonds. The van der Waals surface area contributed by atoms with Gasteiger partial charge < -0.3 is 20.3 Å². The molecule has 0 aliphatic heterocycles. The zero-order valence-corrected chi connectivity index (χ0v) is 37.1. The molecule has 0 radical (unpaired) electrons. The third-order valence-corrected chi connectivity index (χ3v) is 10.9. The predicted octanol–water partition coefficient (Wildman–Crippen LogP) is 14.1. The van der Waals surface area contributed by atoms with Gasteiger partial charge in [-0.3, -0.25) is 9.59 Å². The molecular formula is C50H93NO5. The lowest BCUT2D eigenvalue weighted by atomic mass is 10.0. The first-order valence-corrected chi connectivity index (χ1v) is 24.3. The van der Waals surface area contributed by atoms with Crippen LogP contribution in [-0.2, 0) is 14.3 Å². The highest BCUT2D eigenvalue weighted by Crippen LogP contribution is 2.14. The summed E-state index contributed by atoms with van der Waals surface area (Å²) in [6.45, 7) is 4.79. The van der Waals surface area contributed by atoms with E-state index in [0.717, 1.165) is 77.0 Å². The van der Waals surface area contributed by atoms with E-state index in [9.17, 15) is 19.8 Å². The molecule has 0 saturated heterocycles. The van der Waals surface area contributed by atoms with E-state index >= 15 is 0 Å². The number of hydrogen-bond acceptors (Lipinski definition) is 5. The van der Waals surface area contributed by atoms with Crippen LogP contribution in [0.15, 0.2) is 36.5 Å². The van der Waals surface area contributed by atoms with Crippen molar-refractivity contribution >= 4 is 11.9 Å². The molecule has 0 aliphatic rings. The number of esters is 1. The van der Waals surface area contributed by atoms with E-state index in [1.807, 2.05) is 6.08 Å². The van der Waals surface area contributed by atoms with Crippen LogP contribution in [0.25, 0.3) is 0 Å². The molecule has 0 aromatic heterocycles. The molecular weight excluding hydrogens is 695 g/mol. The molecule has 0 spiro atoms. The first kappa shape index (κ1) is 54.1. The molecule has 0 bridgehead atoms. The summed E-state index contributed by atoms with van der Waals surface area (Å²) in [5.41, 5.74) is 0. The summed E-state index contributed by atoms with van der Waals surface area (Å²) in [5.74, 6) is -0.153. The van der Waals surface area contributed by atoms with Crippen molar-refractivity contribution in [1.29, 1.82) is 0 Å². The van der Waals surface area contributed by atoms with Crippen LogP contribution in [0.1, 0.15) is 245 Å². The minimum atomic E-state index is -0.865.